The second-order valence-corrected chi connectivity index (χ2v) is 6.21. The maximum atomic E-state index is 12.1. The maximum Gasteiger partial charge on any atom is 0.227 e. The fourth-order valence-electron chi connectivity index (χ4n) is 2.49. The van der Waals surface area contributed by atoms with Crippen molar-refractivity contribution < 1.29 is 9.59 Å². The highest BCUT2D eigenvalue weighted by Gasteiger charge is 2.34. The van der Waals surface area contributed by atoms with Crippen molar-refractivity contribution in [1.82, 2.24) is 5.32 Å². The number of hydrogen-bond acceptors (Lipinski definition) is 2. The van der Waals surface area contributed by atoms with E-state index in [1.807, 2.05) is 31.2 Å². The van der Waals surface area contributed by atoms with Gasteiger partial charge in [0.25, 0.3) is 0 Å². The first-order valence-electron chi connectivity index (χ1n) is 7.62. The molecule has 0 spiro atoms. The Kier molecular flexibility index (Phi) is 4.99. The van der Waals surface area contributed by atoms with Crippen LogP contribution < -0.4 is 10.2 Å². The minimum Gasteiger partial charge on any atom is -0.356 e. The Morgan fingerprint density at radius 2 is 2.00 bits per heavy atom. The highest BCUT2D eigenvalue weighted by Crippen LogP contribution is 2.25. The van der Waals surface area contributed by atoms with Crippen LogP contribution in [-0.4, -0.2) is 24.9 Å². The van der Waals surface area contributed by atoms with Gasteiger partial charge < -0.3 is 10.2 Å². The average molecular weight is 288 g/mol. The van der Waals surface area contributed by atoms with Gasteiger partial charge in [-0.25, -0.2) is 0 Å². The number of carbonyl (C=O) groups excluding carboxylic acids is 2. The molecular formula is C17H24N2O2. The highest BCUT2D eigenvalue weighted by atomic mass is 16.2. The standard InChI is InChI=1S/C17H24N2O2/c1-12(2)8-9-18-17(21)14-10-16(20)19(11-14)15-6-4-13(3)5-7-15/h4-7,12,14H,8-11H2,1-3H3,(H,18,21)/t14-/m0/s1. The molecule has 114 valence electrons. The monoisotopic (exact) mass is 288 g/mol. The lowest BCUT2D eigenvalue weighted by molar-refractivity contribution is -0.126. The normalized spacial score (nSPS) is 18.4. The molecule has 1 heterocycles. The van der Waals surface area contributed by atoms with Gasteiger partial charge in [-0.2, -0.15) is 0 Å². The first-order valence-corrected chi connectivity index (χ1v) is 7.62. The van der Waals surface area contributed by atoms with Gasteiger partial charge >= 0.3 is 0 Å². The SMILES string of the molecule is Cc1ccc(N2C[C@@H](C(=O)NCCC(C)C)CC2=O)cc1. The Balaban J connectivity index is 1.93. The minimum absolute atomic E-state index is 0.00129. The van der Waals surface area contributed by atoms with E-state index in [0.29, 0.717) is 25.4 Å². The minimum atomic E-state index is -0.231. The van der Waals surface area contributed by atoms with Gasteiger partial charge in [0.05, 0.1) is 5.92 Å². The molecule has 1 N–H and O–H groups in total. The molecule has 1 aromatic carbocycles. The molecular weight excluding hydrogens is 264 g/mol. The summed E-state index contributed by atoms with van der Waals surface area (Å²) in [5.41, 5.74) is 2.04. The molecule has 1 aromatic rings. The first kappa shape index (κ1) is 15.5. The summed E-state index contributed by atoms with van der Waals surface area (Å²) in [5.74, 6) is 0.368. The summed E-state index contributed by atoms with van der Waals surface area (Å²) >= 11 is 0. The molecule has 1 fully saturated rings. The molecule has 0 bridgehead atoms. The Hall–Kier alpha value is -1.84. The number of hydrogen-bond donors (Lipinski definition) is 1. The van der Waals surface area contributed by atoms with Crippen LogP contribution in [0.25, 0.3) is 0 Å². The van der Waals surface area contributed by atoms with E-state index in [1.54, 1.807) is 4.90 Å². The van der Waals surface area contributed by atoms with Gasteiger partial charge in [-0.1, -0.05) is 31.5 Å². The number of anilines is 1. The predicted molar refractivity (Wildman–Crippen MR) is 84.1 cm³/mol. The van der Waals surface area contributed by atoms with Crippen LogP contribution in [0.2, 0.25) is 0 Å². The molecule has 0 aliphatic carbocycles. The lowest BCUT2D eigenvalue weighted by Gasteiger charge is -2.17. The van der Waals surface area contributed by atoms with Gasteiger partial charge in [-0.05, 0) is 31.4 Å². The molecule has 0 unspecified atom stereocenters. The highest BCUT2D eigenvalue weighted by molar-refractivity contribution is 6.00. The summed E-state index contributed by atoms with van der Waals surface area (Å²) in [7, 11) is 0. The van der Waals surface area contributed by atoms with Gasteiger partial charge in [-0.15, -0.1) is 0 Å². The van der Waals surface area contributed by atoms with Crippen molar-refractivity contribution in [1.29, 1.82) is 0 Å². The van der Waals surface area contributed by atoms with Gasteiger partial charge in [0.15, 0.2) is 0 Å². The molecule has 4 nitrogen and oxygen atoms in total. The number of aryl methyl sites for hydroxylation is 1. The van der Waals surface area contributed by atoms with E-state index in [-0.39, 0.29) is 17.7 Å². The van der Waals surface area contributed by atoms with Crippen molar-refractivity contribution in [2.24, 2.45) is 11.8 Å². The Morgan fingerprint density at radius 3 is 2.62 bits per heavy atom. The molecule has 0 aromatic heterocycles. The number of amides is 2. The Bertz CT molecular complexity index is 508. The van der Waals surface area contributed by atoms with Crippen LogP contribution in [-0.2, 0) is 9.59 Å². The number of nitrogens with one attached hydrogen (secondary N) is 1. The van der Waals surface area contributed by atoms with Crippen LogP contribution in [0.15, 0.2) is 24.3 Å². The van der Waals surface area contributed by atoms with E-state index in [4.69, 9.17) is 0 Å². The molecule has 1 saturated heterocycles. The van der Waals surface area contributed by atoms with Gasteiger partial charge in [0.1, 0.15) is 0 Å². The third-order valence-electron chi connectivity index (χ3n) is 3.86. The van der Waals surface area contributed by atoms with Crippen molar-refractivity contribution in [3.8, 4) is 0 Å². The van der Waals surface area contributed by atoms with Crippen LogP contribution >= 0.6 is 0 Å². The van der Waals surface area contributed by atoms with Crippen molar-refractivity contribution >= 4 is 17.5 Å². The number of nitrogens with zero attached hydrogens (tertiary/aromatic N) is 1. The van der Waals surface area contributed by atoms with E-state index in [0.717, 1.165) is 17.7 Å². The summed E-state index contributed by atoms with van der Waals surface area (Å²) in [4.78, 5) is 25.9. The fraction of sp³-hybridized carbons (Fsp3) is 0.529. The fourth-order valence-corrected chi connectivity index (χ4v) is 2.49. The smallest absolute Gasteiger partial charge is 0.227 e. The topological polar surface area (TPSA) is 49.4 Å². The van der Waals surface area contributed by atoms with Crippen molar-refractivity contribution in [2.45, 2.75) is 33.6 Å². The van der Waals surface area contributed by atoms with E-state index in [2.05, 4.69) is 19.2 Å². The number of benzene rings is 1. The summed E-state index contributed by atoms with van der Waals surface area (Å²) in [6, 6.07) is 7.84. The predicted octanol–water partition coefficient (Wildman–Crippen LogP) is 2.51. The molecule has 1 aliphatic rings. The lowest BCUT2D eigenvalue weighted by atomic mass is 10.1. The van der Waals surface area contributed by atoms with Crippen molar-refractivity contribution in [2.75, 3.05) is 18.0 Å². The Morgan fingerprint density at radius 1 is 1.33 bits per heavy atom. The summed E-state index contributed by atoms with van der Waals surface area (Å²) in [5, 5.41) is 2.94. The molecule has 0 saturated carbocycles. The quantitative estimate of drug-likeness (QED) is 0.905. The zero-order valence-corrected chi connectivity index (χ0v) is 13.1. The molecule has 0 radical (unpaired) electrons. The zero-order chi connectivity index (χ0) is 15.4. The van der Waals surface area contributed by atoms with E-state index < -0.39 is 0 Å². The van der Waals surface area contributed by atoms with Gasteiger partial charge in [0.2, 0.25) is 11.8 Å². The van der Waals surface area contributed by atoms with Crippen LogP contribution in [0, 0.1) is 18.8 Å². The molecule has 21 heavy (non-hydrogen) atoms. The van der Waals surface area contributed by atoms with Gasteiger partial charge in [-0.3, -0.25) is 9.59 Å². The molecule has 2 amide bonds. The maximum absolute atomic E-state index is 12.1. The van der Waals surface area contributed by atoms with Crippen LogP contribution in [0.5, 0.6) is 0 Å². The second-order valence-electron chi connectivity index (χ2n) is 6.21. The summed E-state index contributed by atoms with van der Waals surface area (Å²) < 4.78 is 0. The largest absolute Gasteiger partial charge is 0.356 e. The van der Waals surface area contributed by atoms with E-state index >= 15 is 0 Å². The average Bonchev–Trinajstić information content (AvgIpc) is 2.81. The van der Waals surface area contributed by atoms with E-state index in [1.165, 1.54) is 0 Å². The van der Waals surface area contributed by atoms with Crippen molar-refractivity contribution in [3.63, 3.8) is 0 Å². The Labute approximate surface area is 126 Å². The molecule has 4 heteroatoms. The molecule has 1 aliphatic heterocycles. The molecule has 2 rings (SSSR count). The number of rotatable bonds is 5. The summed E-state index contributed by atoms with van der Waals surface area (Å²) in [6.45, 7) is 7.44. The zero-order valence-electron chi connectivity index (χ0n) is 13.1. The lowest BCUT2D eigenvalue weighted by Crippen LogP contribution is -2.33. The summed E-state index contributed by atoms with van der Waals surface area (Å²) in [6.07, 6.45) is 1.27. The van der Waals surface area contributed by atoms with Crippen LogP contribution in [0.4, 0.5) is 5.69 Å². The number of carbonyl (C=O) groups is 2. The van der Waals surface area contributed by atoms with Crippen LogP contribution in [0.1, 0.15) is 32.3 Å². The van der Waals surface area contributed by atoms with E-state index in [9.17, 15) is 9.59 Å². The van der Waals surface area contributed by atoms with Crippen LogP contribution in [0.3, 0.4) is 0 Å². The van der Waals surface area contributed by atoms with Gasteiger partial charge in [0, 0.05) is 25.2 Å². The second kappa shape index (κ2) is 6.74. The molecule has 1 atom stereocenters. The first-order chi connectivity index (χ1) is 9.97. The third-order valence-corrected chi connectivity index (χ3v) is 3.86. The van der Waals surface area contributed by atoms with Crippen molar-refractivity contribution in [3.05, 3.63) is 29.8 Å². The third kappa shape index (κ3) is 4.06.